The predicted octanol–water partition coefficient (Wildman–Crippen LogP) is 1.38. The molecule has 1 fully saturated rings. The molecule has 2 atom stereocenters. The van der Waals surface area contributed by atoms with Crippen molar-refractivity contribution in [3.8, 4) is 0 Å². The molecule has 2 unspecified atom stereocenters. The first-order valence-corrected chi connectivity index (χ1v) is 5.07. The Morgan fingerprint density at radius 1 is 1.42 bits per heavy atom. The van der Waals surface area contributed by atoms with Gasteiger partial charge in [0.2, 0.25) is 0 Å². The molecule has 0 aromatic rings. The van der Waals surface area contributed by atoms with E-state index in [1.165, 1.54) is 25.7 Å². The van der Waals surface area contributed by atoms with E-state index in [-0.39, 0.29) is 0 Å². The Kier molecular flexibility index (Phi) is 2.35. The number of nitrogens with two attached hydrogens (primary N) is 1. The summed E-state index contributed by atoms with van der Waals surface area (Å²) in [5, 5.41) is 3.48. The van der Waals surface area contributed by atoms with Gasteiger partial charge in [0, 0.05) is 12.0 Å². The molecule has 2 heteroatoms. The van der Waals surface area contributed by atoms with Crippen LogP contribution in [-0.4, -0.2) is 12.6 Å². The summed E-state index contributed by atoms with van der Waals surface area (Å²) in [7, 11) is 0. The van der Waals surface area contributed by atoms with E-state index in [2.05, 4.69) is 11.5 Å². The van der Waals surface area contributed by atoms with Gasteiger partial charge in [-0.05, 0) is 37.6 Å². The molecule has 1 heterocycles. The molecule has 1 aliphatic heterocycles. The van der Waals surface area contributed by atoms with E-state index in [9.17, 15) is 0 Å². The van der Waals surface area contributed by atoms with E-state index in [0.29, 0.717) is 0 Å². The van der Waals surface area contributed by atoms with Gasteiger partial charge in [0.15, 0.2) is 0 Å². The molecule has 0 saturated heterocycles. The van der Waals surface area contributed by atoms with Gasteiger partial charge in [-0.25, -0.2) is 0 Å². The first-order valence-electron chi connectivity index (χ1n) is 5.07. The maximum Gasteiger partial charge on any atom is 0.0321 e. The lowest BCUT2D eigenvalue weighted by Gasteiger charge is -2.27. The van der Waals surface area contributed by atoms with Crippen molar-refractivity contribution in [1.82, 2.24) is 5.32 Å². The molecule has 2 nitrogen and oxygen atoms in total. The van der Waals surface area contributed by atoms with Crippen molar-refractivity contribution in [1.29, 1.82) is 0 Å². The van der Waals surface area contributed by atoms with Gasteiger partial charge in [-0.3, -0.25) is 0 Å². The molecule has 0 radical (unpaired) electrons. The standard InChI is InChI=1S/C10H18N2/c11-6-5-8-7-12-10-4-2-1-3-9(8)10/h7,9-10,12H,1-6,11H2. The molecule has 0 spiro atoms. The molecule has 2 aliphatic rings. The summed E-state index contributed by atoms with van der Waals surface area (Å²) in [6, 6.07) is 0.750. The number of nitrogens with one attached hydrogen (secondary N) is 1. The highest BCUT2D eigenvalue weighted by molar-refractivity contribution is 5.17. The molecule has 0 amide bonds. The third kappa shape index (κ3) is 1.36. The van der Waals surface area contributed by atoms with Crippen molar-refractivity contribution < 1.29 is 0 Å². The Morgan fingerprint density at radius 3 is 3.08 bits per heavy atom. The van der Waals surface area contributed by atoms with Gasteiger partial charge in [-0.2, -0.15) is 0 Å². The smallest absolute Gasteiger partial charge is 0.0321 e. The molecule has 68 valence electrons. The minimum atomic E-state index is 0.750. The van der Waals surface area contributed by atoms with Crippen LogP contribution >= 0.6 is 0 Å². The number of hydrogen-bond acceptors (Lipinski definition) is 2. The summed E-state index contributed by atoms with van der Waals surface area (Å²) < 4.78 is 0. The number of fused-ring (bicyclic) bond motifs is 1. The van der Waals surface area contributed by atoms with E-state index < -0.39 is 0 Å². The molecule has 0 bridgehead atoms. The van der Waals surface area contributed by atoms with Crippen molar-refractivity contribution in [2.24, 2.45) is 11.7 Å². The highest BCUT2D eigenvalue weighted by Crippen LogP contribution is 2.34. The highest BCUT2D eigenvalue weighted by Gasteiger charge is 2.30. The molecule has 1 aliphatic carbocycles. The fourth-order valence-electron chi connectivity index (χ4n) is 2.52. The number of rotatable bonds is 2. The topological polar surface area (TPSA) is 38.0 Å². The van der Waals surface area contributed by atoms with Crippen LogP contribution in [0.25, 0.3) is 0 Å². The quantitative estimate of drug-likeness (QED) is 0.650. The van der Waals surface area contributed by atoms with Crippen LogP contribution in [0.3, 0.4) is 0 Å². The largest absolute Gasteiger partial charge is 0.388 e. The summed E-state index contributed by atoms with van der Waals surface area (Å²) in [6.07, 6.45) is 8.85. The maximum absolute atomic E-state index is 5.56. The Morgan fingerprint density at radius 2 is 2.25 bits per heavy atom. The summed E-state index contributed by atoms with van der Waals surface area (Å²) >= 11 is 0. The lowest BCUT2D eigenvalue weighted by molar-refractivity contribution is 0.337. The Bertz CT molecular complexity index is 186. The third-order valence-electron chi connectivity index (χ3n) is 3.16. The molecule has 2 rings (SSSR count). The van der Waals surface area contributed by atoms with Gasteiger partial charge < -0.3 is 11.1 Å². The zero-order valence-corrected chi connectivity index (χ0v) is 7.55. The Labute approximate surface area is 74.2 Å². The van der Waals surface area contributed by atoms with Crippen LogP contribution in [0, 0.1) is 5.92 Å². The molecular formula is C10H18N2. The van der Waals surface area contributed by atoms with Crippen LogP contribution in [-0.2, 0) is 0 Å². The zero-order valence-electron chi connectivity index (χ0n) is 7.55. The summed E-state index contributed by atoms with van der Waals surface area (Å²) in [6.45, 7) is 0.802. The Balaban J connectivity index is 1.98. The van der Waals surface area contributed by atoms with Gasteiger partial charge in [0.25, 0.3) is 0 Å². The minimum absolute atomic E-state index is 0.750. The molecular weight excluding hydrogens is 148 g/mol. The van der Waals surface area contributed by atoms with Crippen molar-refractivity contribution in [3.05, 3.63) is 11.8 Å². The molecule has 1 saturated carbocycles. The van der Waals surface area contributed by atoms with Crippen LogP contribution in [0.4, 0.5) is 0 Å². The normalized spacial score (nSPS) is 33.9. The second-order valence-corrected chi connectivity index (χ2v) is 3.92. The SMILES string of the molecule is NCCC1=CNC2CCCCC12. The first-order chi connectivity index (χ1) is 5.92. The zero-order chi connectivity index (χ0) is 8.39. The average molecular weight is 166 g/mol. The second kappa shape index (κ2) is 3.48. The summed E-state index contributed by atoms with van der Waals surface area (Å²) in [4.78, 5) is 0. The van der Waals surface area contributed by atoms with E-state index in [4.69, 9.17) is 5.73 Å². The van der Waals surface area contributed by atoms with Crippen molar-refractivity contribution >= 4 is 0 Å². The van der Waals surface area contributed by atoms with Crippen molar-refractivity contribution in [3.63, 3.8) is 0 Å². The average Bonchev–Trinajstić information content (AvgIpc) is 2.50. The van der Waals surface area contributed by atoms with Gasteiger partial charge in [-0.1, -0.05) is 12.8 Å². The summed E-state index contributed by atoms with van der Waals surface area (Å²) in [5.41, 5.74) is 7.13. The van der Waals surface area contributed by atoms with E-state index >= 15 is 0 Å². The molecule has 3 N–H and O–H groups in total. The van der Waals surface area contributed by atoms with E-state index in [1.54, 1.807) is 5.57 Å². The lowest BCUT2D eigenvalue weighted by atomic mass is 9.81. The van der Waals surface area contributed by atoms with Crippen LogP contribution in [0.2, 0.25) is 0 Å². The van der Waals surface area contributed by atoms with E-state index in [0.717, 1.165) is 24.9 Å². The maximum atomic E-state index is 5.56. The first kappa shape index (κ1) is 8.11. The van der Waals surface area contributed by atoms with Crippen LogP contribution in [0.5, 0.6) is 0 Å². The van der Waals surface area contributed by atoms with Crippen molar-refractivity contribution in [2.75, 3.05) is 6.54 Å². The van der Waals surface area contributed by atoms with Crippen LogP contribution < -0.4 is 11.1 Å². The fourth-order valence-corrected chi connectivity index (χ4v) is 2.52. The van der Waals surface area contributed by atoms with Gasteiger partial charge >= 0.3 is 0 Å². The van der Waals surface area contributed by atoms with Gasteiger partial charge in [0.1, 0.15) is 0 Å². The summed E-state index contributed by atoms with van der Waals surface area (Å²) in [5.74, 6) is 0.822. The highest BCUT2D eigenvalue weighted by atomic mass is 14.9. The predicted molar refractivity (Wildman–Crippen MR) is 50.6 cm³/mol. The molecule has 12 heavy (non-hydrogen) atoms. The number of hydrogen-bond donors (Lipinski definition) is 2. The third-order valence-corrected chi connectivity index (χ3v) is 3.16. The van der Waals surface area contributed by atoms with Gasteiger partial charge in [0.05, 0.1) is 0 Å². The molecule has 0 aromatic carbocycles. The van der Waals surface area contributed by atoms with E-state index in [1.807, 2.05) is 0 Å². The fraction of sp³-hybridized carbons (Fsp3) is 0.800. The van der Waals surface area contributed by atoms with Crippen molar-refractivity contribution in [2.45, 2.75) is 38.1 Å². The minimum Gasteiger partial charge on any atom is -0.388 e. The van der Waals surface area contributed by atoms with Crippen LogP contribution in [0.15, 0.2) is 11.8 Å². The van der Waals surface area contributed by atoms with Gasteiger partial charge in [-0.15, -0.1) is 0 Å². The van der Waals surface area contributed by atoms with Crippen LogP contribution in [0.1, 0.15) is 32.1 Å². The monoisotopic (exact) mass is 166 g/mol. The Hall–Kier alpha value is -0.500. The lowest BCUT2D eigenvalue weighted by Crippen LogP contribution is -2.30. The second-order valence-electron chi connectivity index (χ2n) is 3.92. The molecule has 0 aromatic heterocycles.